The van der Waals surface area contributed by atoms with Crippen molar-refractivity contribution < 1.29 is 9.53 Å². The van der Waals surface area contributed by atoms with Gasteiger partial charge in [-0.15, -0.1) is 0 Å². The maximum atomic E-state index is 12.2. The third-order valence-electron chi connectivity index (χ3n) is 5.69. The Morgan fingerprint density at radius 3 is 2.05 bits per heavy atom. The Bertz CT molecular complexity index is 319. The smallest absolute Gasteiger partial charge is 0.325 e. The minimum Gasteiger partial charge on any atom is -0.468 e. The first-order chi connectivity index (χ1) is 10.1. The van der Waals surface area contributed by atoms with Gasteiger partial charge in [-0.3, -0.25) is 4.79 Å². The largest absolute Gasteiger partial charge is 0.468 e. The number of esters is 1. The highest BCUT2D eigenvalue weighted by atomic mass is 16.5. The summed E-state index contributed by atoms with van der Waals surface area (Å²) in [5, 5.41) is 0. The van der Waals surface area contributed by atoms with E-state index in [1.807, 2.05) is 0 Å². The second kappa shape index (κ2) is 8.17. The molecule has 0 spiro atoms. The van der Waals surface area contributed by atoms with Gasteiger partial charge in [-0.1, -0.05) is 64.2 Å². The van der Waals surface area contributed by atoms with E-state index in [9.17, 15) is 4.79 Å². The monoisotopic (exact) mass is 295 g/mol. The standard InChI is InChI=1S/C18H33NO2/c1-21-17(20)18(19,14-16-10-6-3-7-11-16)13-12-15-8-4-2-5-9-15/h15-16H,2-14,19H2,1H3. The van der Waals surface area contributed by atoms with E-state index < -0.39 is 5.54 Å². The molecule has 0 aromatic heterocycles. The summed E-state index contributed by atoms with van der Waals surface area (Å²) < 4.78 is 5.03. The molecule has 0 heterocycles. The van der Waals surface area contributed by atoms with Crippen LogP contribution in [0, 0.1) is 11.8 Å². The van der Waals surface area contributed by atoms with E-state index in [1.54, 1.807) is 0 Å². The first-order valence-electron chi connectivity index (χ1n) is 9.01. The minimum absolute atomic E-state index is 0.191. The SMILES string of the molecule is COC(=O)C(N)(CCC1CCCCC1)CC1CCCCC1. The molecule has 0 amide bonds. The van der Waals surface area contributed by atoms with Crippen LogP contribution in [-0.4, -0.2) is 18.6 Å². The second-order valence-electron chi connectivity index (χ2n) is 7.40. The van der Waals surface area contributed by atoms with E-state index in [4.69, 9.17) is 10.5 Å². The molecule has 1 atom stereocenters. The average Bonchev–Trinajstić information content (AvgIpc) is 2.54. The summed E-state index contributed by atoms with van der Waals surface area (Å²) in [5.74, 6) is 1.20. The fourth-order valence-corrected chi connectivity index (χ4v) is 4.33. The van der Waals surface area contributed by atoms with Crippen molar-refractivity contribution in [1.82, 2.24) is 0 Å². The van der Waals surface area contributed by atoms with Crippen LogP contribution in [0.3, 0.4) is 0 Å². The number of rotatable bonds is 6. The molecule has 2 N–H and O–H groups in total. The van der Waals surface area contributed by atoms with Crippen molar-refractivity contribution in [3.8, 4) is 0 Å². The van der Waals surface area contributed by atoms with Crippen LogP contribution < -0.4 is 5.73 Å². The van der Waals surface area contributed by atoms with Crippen LogP contribution in [-0.2, 0) is 9.53 Å². The van der Waals surface area contributed by atoms with Crippen LogP contribution in [0.15, 0.2) is 0 Å². The number of hydrogen-bond acceptors (Lipinski definition) is 3. The molecule has 3 heteroatoms. The van der Waals surface area contributed by atoms with Crippen LogP contribution in [0.5, 0.6) is 0 Å². The molecule has 0 aromatic carbocycles. The summed E-state index contributed by atoms with van der Waals surface area (Å²) in [6.07, 6.45) is 15.9. The number of nitrogens with two attached hydrogens (primary N) is 1. The Labute approximate surface area is 130 Å². The molecule has 0 radical (unpaired) electrons. The Morgan fingerprint density at radius 2 is 1.52 bits per heavy atom. The lowest BCUT2D eigenvalue weighted by Gasteiger charge is -2.34. The van der Waals surface area contributed by atoms with E-state index in [-0.39, 0.29) is 5.97 Å². The first kappa shape index (κ1) is 16.8. The minimum atomic E-state index is -0.742. The molecular weight excluding hydrogens is 262 g/mol. The van der Waals surface area contributed by atoms with Crippen molar-refractivity contribution in [2.75, 3.05) is 7.11 Å². The molecule has 0 aliphatic heterocycles. The van der Waals surface area contributed by atoms with Gasteiger partial charge in [-0.2, -0.15) is 0 Å². The molecule has 122 valence electrons. The van der Waals surface area contributed by atoms with Gasteiger partial charge in [-0.25, -0.2) is 0 Å². The molecule has 2 aliphatic rings. The second-order valence-corrected chi connectivity index (χ2v) is 7.40. The van der Waals surface area contributed by atoms with Gasteiger partial charge in [0.15, 0.2) is 0 Å². The van der Waals surface area contributed by atoms with Crippen LogP contribution in [0.25, 0.3) is 0 Å². The molecule has 21 heavy (non-hydrogen) atoms. The maximum absolute atomic E-state index is 12.2. The number of methoxy groups -OCH3 is 1. The van der Waals surface area contributed by atoms with Crippen LogP contribution in [0.4, 0.5) is 0 Å². The van der Waals surface area contributed by atoms with Gasteiger partial charge in [0.2, 0.25) is 0 Å². The van der Waals surface area contributed by atoms with Gasteiger partial charge in [0.05, 0.1) is 7.11 Å². The van der Waals surface area contributed by atoms with Crippen molar-refractivity contribution in [1.29, 1.82) is 0 Å². The number of carbonyl (C=O) groups is 1. The van der Waals surface area contributed by atoms with Crippen molar-refractivity contribution in [3.63, 3.8) is 0 Å². The summed E-state index contributed by atoms with van der Waals surface area (Å²) in [4.78, 5) is 12.2. The summed E-state index contributed by atoms with van der Waals surface area (Å²) in [6, 6.07) is 0. The van der Waals surface area contributed by atoms with Crippen molar-refractivity contribution in [3.05, 3.63) is 0 Å². The Kier molecular flexibility index (Phi) is 6.53. The van der Waals surface area contributed by atoms with E-state index in [2.05, 4.69) is 0 Å². The highest BCUT2D eigenvalue weighted by Gasteiger charge is 2.38. The third kappa shape index (κ3) is 4.98. The quantitative estimate of drug-likeness (QED) is 0.748. The molecular formula is C18H33NO2. The van der Waals surface area contributed by atoms with Gasteiger partial charge in [0.1, 0.15) is 5.54 Å². The van der Waals surface area contributed by atoms with Crippen molar-refractivity contribution in [2.45, 2.75) is 89.0 Å². The molecule has 2 rings (SSSR count). The highest BCUT2D eigenvalue weighted by Crippen LogP contribution is 2.35. The molecule has 1 unspecified atom stereocenters. The molecule has 2 saturated carbocycles. The lowest BCUT2D eigenvalue weighted by molar-refractivity contribution is -0.148. The summed E-state index contributed by atoms with van der Waals surface area (Å²) in [7, 11) is 1.48. The Morgan fingerprint density at radius 1 is 1.00 bits per heavy atom. The molecule has 0 saturated heterocycles. The predicted molar refractivity (Wildman–Crippen MR) is 85.9 cm³/mol. The van der Waals surface area contributed by atoms with E-state index in [1.165, 1.54) is 71.3 Å². The molecule has 0 bridgehead atoms. The lowest BCUT2D eigenvalue weighted by Crippen LogP contribution is -2.50. The summed E-state index contributed by atoms with van der Waals surface area (Å²) >= 11 is 0. The topological polar surface area (TPSA) is 52.3 Å². The summed E-state index contributed by atoms with van der Waals surface area (Å²) in [6.45, 7) is 0. The Hall–Kier alpha value is -0.570. The van der Waals surface area contributed by atoms with E-state index >= 15 is 0 Å². The molecule has 2 fully saturated rings. The van der Waals surface area contributed by atoms with Crippen LogP contribution in [0.2, 0.25) is 0 Å². The zero-order valence-electron chi connectivity index (χ0n) is 13.7. The van der Waals surface area contributed by atoms with Crippen LogP contribution in [0.1, 0.15) is 83.5 Å². The third-order valence-corrected chi connectivity index (χ3v) is 5.69. The van der Waals surface area contributed by atoms with Crippen molar-refractivity contribution >= 4 is 5.97 Å². The van der Waals surface area contributed by atoms with Crippen molar-refractivity contribution in [2.24, 2.45) is 17.6 Å². The maximum Gasteiger partial charge on any atom is 0.325 e. The molecule has 0 aromatic rings. The van der Waals surface area contributed by atoms with E-state index in [0.29, 0.717) is 5.92 Å². The first-order valence-corrected chi connectivity index (χ1v) is 9.01. The van der Waals surface area contributed by atoms with Gasteiger partial charge < -0.3 is 10.5 Å². The highest BCUT2D eigenvalue weighted by molar-refractivity contribution is 5.80. The fourth-order valence-electron chi connectivity index (χ4n) is 4.33. The van der Waals surface area contributed by atoms with Gasteiger partial charge in [-0.05, 0) is 31.1 Å². The lowest BCUT2D eigenvalue weighted by atomic mass is 9.75. The Balaban J connectivity index is 1.89. The number of ether oxygens (including phenoxy) is 1. The predicted octanol–water partition coefficient (Wildman–Crippen LogP) is 4.19. The molecule has 2 aliphatic carbocycles. The zero-order chi connectivity index (χ0) is 15.1. The fraction of sp³-hybridized carbons (Fsp3) is 0.944. The van der Waals surface area contributed by atoms with E-state index in [0.717, 1.165) is 25.2 Å². The number of carbonyl (C=O) groups excluding carboxylic acids is 1. The number of hydrogen-bond donors (Lipinski definition) is 1. The van der Waals surface area contributed by atoms with Gasteiger partial charge in [0.25, 0.3) is 0 Å². The normalized spacial score (nSPS) is 24.5. The van der Waals surface area contributed by atoms with Crippen LogP contribution >= 0.6 is 0 Å². The molecule has 3 nitrogen and oxygen atoms in total. The van der Waals surface area contributed by atoms with Gasteiger partial charge >= 0.3 is 5.97 Å². The summed E-state index contributed by atoms with van der Waals surface area (Å²) in [5.41, 5.74) is 5.78. The average molecular weight is 295 g/mol. The van der Waals surface area contributed by atoms with Gasteiger partial charge in [0, 0.05) is 0 Å². The zero-order valence-corrected chi connectivity index (χ0v) is 13.7.